The zero-order valence-corrected chi connectivity index (χ0v) is 13.1. The fourth-order valence-corrected chi connectivity index (χ4v) is 3.79. The molecule has 118 valence electrons. The van der Waals surface area contributed by atoms with Crippen molar-refractivity contribution in [3.8, 4) is 0 Å². The van der Waals surface area contributed by atoms with Gasteiger partial charge in [-0.15, -0.1) is 0 Å². The van der Waals surface area contributed by atoms with E-state index in [4.69, 9.17) is 9.84 Å². The molecule has 1 aliphatic heterocycles. The second-order valence-electron chi connectivity index (χ2n) is 5.50. The lowest BCUT2D eigenvalue weighted by molar-refractivity contribution is 0.0173. The van der Waals surface area contributed by atoms with Gasteiger partial charge in [0.2, 0.25) is 10.0 Å². The van der Waals surface area contributed by atoms with Crippen molar-refractivity contribution in [2.75, 3.05) is 13.2 Å². The van der Waals surface area contributed by atoms with Gasteiger partial charge in [-0.3, -0.25) is 0 Å². The summed E-state index contributed by atoms with van der Waals surface area (Å²) in [7, 11) is -3.48. The number of aliphatic hydroxyl groups is 1. The van der Waals surface area contributed by atoms with Crippen molar-refractivity contribution in [2.24, 2.45) is 0 Å². The Morgan fingerprint density at radius 1 is 1.33 bits per heavy atom. The first-order valence-corrected chi connectivity index (χ1v) is 8.83. The molecule has 1 saturated heterocycles. The van der Waals surface area contributed by atoms with Crippen molar-refractivity contribution in [3.05, 3.63) is 29.8 Å². The fourth-order valence-electron chi connectivity index (χ4n) is 2.51. The SMILES string of the molecule is CC1CC(NS(=O)(=O)c2ccc(CCCO)cc2)CCO1. The van der Waals surface area contributed by atoms with Crippen molar-refractivity contribution in [3.63, 3.8) is 0 Å². The summed E-state index contributed by atoms with van der Waals surface area (Å²) in [5.41, 5.74) is 1.03. The first-order valence-electron chi connectivity index (χ1n) is 7.35. The highest BCUT2D eigenvalue weighted by Gasteiger charge is 2.24. The van der Waals surface area contributed by atoms with Crippen molar-refractivity contribution in [1.29, 1.82) is 0 Å². The van der Waals surface area contributed by atoms with Crippen LogP contribution < -0.4 is 4.72 Å². The molecule has 1 aliphatic rings. The largest absolute Gasteiger partial charge is 0.396 e. The van der Waals surface area contributed by atoms with E-state index in [2.05, 4.69) is 4.72 Å². The number of aliphatic hydroxyl groups excluding tert-OH is 1. The van der Waals surface area contributed by atoms with Crippen LogP contribution in [0.2, 0.25) is 0 Å². The van der Waals surface area contributed by atoms with Crippen LogP contribution in [0.25, 0.3) is 0 Å². The molecule has 0 radical (unpaired) electrons. The summed E-state index contributed by atoms with van der Waals surface area (Å²) < 4.78 is 32.9. The lowest BCUT2D eigenvalue weighted by Gasteiger charge is -2.27. The minimum absolute atomic E-state index is 0.0622. The number of ether oxygens (including phenoxy) is 1. The summed E-state index contributed by atoms with van der Waals surface area (Å²) in [4.78, 5) is 0.286. The molecular formula is C15H23NO4S. The molecular weight excluding hydrogens is 290 g/mol. The molecule has 1 aromatic carbocycles. The Bertz CT molecular complexity index is 541. The molecule has 1 fully saturated rings. The third-order valence-electron chi connectivity index (χ3n) is 3.66. The van der Waals surface area contributed by atoms with Crippen molar-refractivity contribution < 1.29 is 18.3 Å². The quantitative estimate of drug-likeness (QED) is 0.833. The van der Waals surface area contributed by atoms with Crippen LogP contribution in [0.5, 0.6) is 0 Å². The molecule has 2 rings (SSSR count). The molecule has 0 amide bonds. The predicted molar refractivity (Wildman–Crippen MR) is 80.6 cm³/mol. The molecule has 1 heterocycles. The predicted octanol–water partition coefficient (Wildman–Crippen LogP) is 1.46. The zero-order chi connectivity index (χ0) is 15.3. The topological polar surface area (TPSA) is 75.6 Å². The summed E-state index contributed by atoms with van der Waals surface area (Å²) in [5, 5.41) is 8.80. The van der Waals surface area contributed by atoms with Gasteiger partial charge in [0.05, 0.1) is 11.0 Å². The number of sulfonamides is 1. The Morgan fingerprint density at radius 3 is 2.67 bits per heavy atom. The standard InChI is InChI=1S/C15H23NO4S/c1-12-11-14(8-10-20-12)16-21(18,19)15-6-4-13(5-7-15)3-2-9-17/h4-7,12,14,16-17H,2-3,8-11H2,1H3. The van der Waals surface area contributed by atoms with Crippen LogP contribution in [0.15, 0.2) is 29.2 Å². The minimum Gasteiger partial charge on any atom is -0.396 e. The van der Waals surface area contributed by atoms with Crippen LogP contribution in [0.1, 0.15) is 31.7 Å². The Kier molecular flexibility index (Phi) is 5.75. The molecule has 0 aliphatic carbocycles. The smallest absolute Gasteiger partial charge is 0.240 e. The van der Waals surface area contributed by atoms with Gasteiger partial charge in [0.15, 0.2) is 0 Å². The summed E-state index contributed by atoms with van der Waals surface area (Å²) >= 11 is 0. The van der Waals surface area contributed by atoms with Crippen LogP contribution in [0.3, 0.4) is 0 Å². The van der Waals surface area contributed by atoms with Gasteiger partial charge in [-0.2, -0.15) is 0 Å². The van der Waals surface area contributed by atoms with Crippen LogP contribution in [0, 0.1) is 0 Å². The highest BCUT2D eigenvalue weighted by atomic mass is 32.2. The van der Waals surface area contributed by atoms with E-state index in [-0.39, 0.29) is 23.6 Å². The van der Waals surface area contributed by atoms with Gasteiger partial charge in [-0.25, -0.2) is 13.1 Å². The van der Waals surface area contributed by atoms with E-state index in [0.29, 0.717) is 25.9 Å². The summed E-state index contributed by atoms with van der Waals surface area (Å²) in [6.45, 7) is 2.69. The Morgan fingerprint density at radius 2 is 2.05 bits per heavy atom. The molecule has 21 heavy (non-hydrogen) atoms. The molecule has 2 N–H and O–H groups in total. The molecule has 2 atom stereocenters. The minimum atomic E-state index is -3.48. The third-order valence-corrected chi connectivity index (χ3v) is 5.20. The molecule has 0 aromatic heterocycles. The van der Waals surface area contributed by atoms with E-state index in [1.165, 1.54) is 0 Å². The second-order valence-corrected chi connectivity index (χ2v) is 7.21. The summed E-state index contributed by atoms with van der Waals surface area (Å²) in [5.74, 6) is 0. The van der Waals surface area contributed by atoms with E-state index < -0.39 is 10.0 Å². The highest BCUT2D eigenvalue weighted by molar-refractivity contribution is 7.89. The van der Waals surface area contributed by atoms with E-state index in [1.807, 2.05) is 6.92 Å². The lowest BCUT2D eigenvalue weighted by Crippen LogP contribution is -2.41. The third kappa shape index (κ3) is 4.78. The first-order chi connectivity index (χ1) is 10.0. The van der Waals surface area contributed by atoms with Crippen molar-refractivity contribution in [2.45, 2.75) is 49.6 Å². The molecule has 5 nitrogen and oxygen atoms in total. The van der Waals surface area contributed by atoms with Gasteiger partial charge < -0.3 is 9.84 Å². The molecule has 0 spiro atoms. The van der Waals surface area contributed by atoms with E-state index in [9.17, 15) is 8.42 Å². The Balaban J connectivity index is 2.01. The molecule has 6 heteroatoms. The number of hydrogen-bond donors (Lipinski definition) is 2. The highest BCUT2D eigenvalue weighted by Crippen LogP contribution is 2.17. The number of rotatable bonds is 6. The van der Waals surface area contributed by atoms with Crippen LogP contribution in [-0.2, 0) is 21.2 Å². The normalized spacial score (nSPS) is 23.1. The number of benzene rings is 1. The zero-order valence-electron chi connectivity index (χ0n) is 12.3. The molecule has 0 saturated carbocycles. The van der Waals surface area contributed by atoms with Crippen LogP contribution in [-0.4, -0.2) is 38.9 Å². The maximum Gasteiger partial charge on any atom is 0.240 e. The number of nitrogens with one attached hydrogen (secondary N) is 1. The Labute approximate surface area is 126 Å². The van der Waals surface area contributed by atoms with Gasteiger partial charge in [-0.05, 0) is 50.3 Å². The van der Waals surface area contributed by atoms with Crippen molar-refractivity contribution >= 4 is 10.0 Å². The average molecular weight is 313 g/mol. The van der Waals surface area contributed by atoms with Gasteiger partial charge in [0.25, 0.3) is 0 Å². The van der Waals surface area contributed by atoms with Crippen LogP contribution >= 0.6 is 0 Å². The average Bonchev–Trinajstić information content (AvgIpc) is 2.45. The maximum atomic E-state index is 12.3. The van der Waals surface area contributed by atoms with Crippen LogP contribution in [0.4, 0.5) is 0 Å². The molecule has 1 aromatic rings. The van der Waals surface area contributed by atoms with Crippen molar-refractivity contribution in [1.82, 2.24) is 4.72 Å². The second kappa shape index (κ2) is 7.35. The number of hydrogen-bond acceptors (Lipinski definition) is 4. The van der Waals surface area contributed by atoms with Gasteiger partial charge in [0, 0.05) is 19.3 Å². The molecule has 0 bridgehead atoms. The fraction of sp³-hybridized carbons (Fsp3) is 0.600. The maximum absolute atomic E-state index is 12.3. The molecule has 2 unspecified atom stereocenters. The van der Waals surface area contributed by atoms with Gasteiger partial charge in [0.1, 0.15) is 0 Å². The summed E-state index contributed by atoms with van der Waals surface area (Å²) in [6, 6.07) is 6.79. The monoisotopic (exact) mass is 313 g/mol. The van der Waals surface area contributed by atoms with Gasteiger partial charge in [-0.1, -0.05) is 12.1 Å². The first kappa shape index (κ1) is 16.4. The summed E-state index contributed by atoms with van der Waals surface area (Å²) in [6.07, 6.45) is 2.94. The number of aryl methyl sites for hydroxylation is 1. The van der Waals surface area contributed by atoms with Gasteiger partial charge >= 0.3 is 0 Å². The van der Waals surface area contributed by atoms with E-state index in [0.717, 1.165) is 12.0 Å². The van der Waals surface area contributed by atoms with E-state index >= 15 is 0 Å². The van der Waals surface area contributed by atoms with E-state index in [1.54, 1.807) is 24.3 Å². The Hall–Kier alpha value is -0.950. The lowest BCUT2D eigenvalue weighted by atomic mass is 10.1.